The van der Waals surface area contributed by atoms with Gasteiger partial charge in [0.15, 0.2) is 0 Å². The molecule has 1 aliphatic heterocycles. The van der Waals surface area contributed by atoms with Crippen molar-refractivity contribution in [2.75, 3.05) is 23.4 Å². The summed E-state index contributed by atoms with van der Waals surface area (Å²) in [5, 5.41) is 2.87. The van der Waals surface area contributed by atoms with Crippen molar-refractivity contribution >= 4 is 23.3 Å². The molecule has 5 nitrogen and oxygen atoms in total. The lowest BCUT2D eigenvalue weighted by Gasteiger charge is -2.34. The molecule has 35 heavy (non-hydrogen) atoms. The fourth-order valence-corrected chi connectivity index (χ4v) is 4.31. The number of hydrogen-bond donors (Lipinski definition) is 1. The number of benzene rings is 2. The van der Waals surface area contributed by atoms with Crippen LogP contribution in [0.4, 0.5) is 24.5 Å². The predicted octanol–water partition coefficient (Wildman–Crippen LogP) is 6.49. The molecule has 0 saturated carbocycles. The van der Waals surface area contributed by atoms with Crippen molar-refractivity contribution in [3.05, 3.63) is 59.2 Å². The van der Waals surface area contributed by atoms with Gasteiger partial charge in [-0.3, -0.25) is 9.59 Å². The Morgan fingerprint density at radius 2 is 1.77 bits per heavy atom. The average Bonchev–Trinajstić information content (AvgIpc) is 2.80. The van der Waals surface area contributed by atoms with Crippen LogP contribution in [0.15, 0.2) is 42.5 Å². The van der Waals surface area contributed by atoms with E-state index in [9.17, 15) is 22.8 Å². The highest BCUT2D eigenvalue weighted by Crippen LogP contribution is 2.38. The van der Waals surface area contributed by atoms with E-state index in [-0.39, 0.29) is 35.8 Å². The Hall–Kier alpha value is -3.03. The van der Waals surface area contributed by atoms with Gasteiger partial charge in [-0.2, -0.15) is 13.2 Å². The van der Waals surface area contributed by atoms with Crippen LogP contribution in [0.25, 0.3) is 0 Å². The van der Waals surface area contributed by atoms with E-state index in [4.69, 9.17) is 4.74 Å². The van der Waals surface area contributed by atoms with Gasteiger partial charge >= 0.3 is 12.1 Å². The fraction of sp³-hybridized carbons (Fsp3) is 0.481. The van der Waals surface area contributed by atoms with Gasteiger partial charge in [0.2, 0.25) is 5.91 Å². The van der Waals surface area contributed by atoms with Crippen molar-refractivity contribution < 1.29 is 27.5 Å². The van der Waals surface area contributed by atoms with Gasteiger partial charge in [-0.25, -0.2) is 0 Å². The van der Waals surface area contributed by atoms with Crippen LogP contribution >= 0.6 is 0 Å². The van der Waals surface area contributed by atoms with Crippen LogP contribution in [0, 0.1) is 0 Å². The van der Waals surface area contributed by atoms with Crippen molar-refractivity contribution in [1.29, 1.82) is 0 Å². The van der Waals surface area contributed by atoms with Gasteiger partial charge in [0.05, 0.1) is 18.6 Å². The summed E-state index contributed by atoms with van der Waals surface area (Å²) in [6.07, 6.45) is -3.15. The Labute approximate surface area is 204 Å². The van der Waals surface area contributed by atoms with Crippen molar-refractivity contribution in [3.8, 4) is 0 Å². The van der Waals surface area contributed by atoms with Gasteiger partial charge in [0.1, 0.15) is 6.04 Å². The molecule has 1 heterocycles. The van der Waals surface area contributed by atoms with Gasteiger partial charge in [0, 0.05) is 17.9 Å². The standard InChI is InChI=1S/C27H33F3N2O3/c1-5-35-25(33)15-18(4)19-8-11-21(12-9-19)32-14-6-7-24(26(32)34)31-23-13-10-20(17(2)3)16-22(23)27(28,29)30/h8-13,16-18,24,31H,5-7,14-15H2,1-4H3/t18-,24?/m0/s1. The molecule has 0 aromatic heterocycles. The molecule has 2 atom stereocenters. The van der Waals surface area contributed by atoms with E-state index >= 15 is 0 Å². The lowest BCUT2D eigenvalue weighted by molar-refractivity contribution is -0.143. The summed E-state index contributed by atoms with van der Waals surface area (Å²) in [6, 6.07) is 10.9. The molecular formula is C27H33F3N2O3. The van der Waals surface area contributed by atoms with Crippen molar-refractivity contribution in [3.63, 3.8) is 0 Å². The molecule has 3 rings (SSSR count). The number of alkyl halides is 3. The first-order valence-corrected chi connectivity index (χ1v) is 12.1. The molecule has 0 spiro atoms. The number of piperidine rings is 1. The SMILES string of the molecule is CCOC(=O)C[C@H](C)c1ccc(N2CCCC(Nc3ccc(C(C)C)cc3C(F)(F)F)C2=O)cc1. The fourth-order valence-electron chi connectivity index (χ4n) is 4.31. The zero-order valence-electron chi connectivity index (χ0n) is 20.6. The number of nitrogens with one attached hydrogen (secondary N) is 1. The quantitative estimate of drug-likeness (QED) is 0.430. The summed E-state index contributed by atoms with van der Waals surface area (Å²) >= 11 is 0. The number of esters is 1. The first-order chi connectivity index (χ1) is 16.5. The van der Waals surface area contributed by atoms with Crippen LogP contribution in [0.3, 0.4) is 0 Å². The number of anilines is 2. The van der Waals surface area contributed by atoms with Crippen LogP contribution in [0.2, 0.25) is 0 Å². The molecule has 1 saturated heterocycles. The molecule has 8 heteroatoms. The molecule has 1 amide bonds. The van der Waals surface area contributed by atoms with Gasteiger partial charge in [0.25, 0.3) is 0 Å². The molecule has 1 unspecified atom stereocenters. The summed E-state index contributed by atoms with van der Waals surface area (Å²) in [6.45, 7) is 8.21. The monoisotopic (exact) mass is 490 g/mol. The van der Waals surface area contributed by atoms with Gasteiger partial charge in [-0.1, -0.05) is 39.0 Å². The van der Waals surface area contributed by atoms with Crippen molar-refractivity contribution in [2.24, 2.45) is 0 Å². The second-order valence-electron chi connectivity index (χ2n) is 9.29. The molecular weight excluding hydrogens is 457 g/mol. The maximum atomic E-state index is 13.7. The number of hydrogen-bond acceptors (Lipinski definition) is 4. The largest absolute Gasteiger partial charge is 0.466 e. The molecule has 2 aromatic carbocycles. The lowest BCUT2D eigenvalue weighted by Crippen LogP contribution is -2.48. The first kappa shape index (κ1) is 26.6. The number of ether oxygens (including phenoxy) is 1. The van der Waals surface area contributed by atoms with Gasteiger partial charge < -0.3 is 15.0 Å². The number of carbonyl (C=O) groups excluding carboxylic acids is 2. The van der Waals surface area contributed by atoms with E-state index in [2.05, 4.69) is 5.32 Å². The summed E-state index contributed by atoms with van der Waals surface area (Å²) < 4.78 is 46.2. The molecule has 0 radical (unpaired) electrons. The van der Waals surface area contributed by atoms with Crippen LogP contribution < -0.4 is 10.2 Å². The molecule has 0 aliphatic carbocycles. The van der Waals surface area contributed by atoms with Gasteiger partial charge in [-0.05, 0) is 67.0 Å². The highest BCUT2D eigenvalue weighted by atomic mass is 19.4. The first-order valence-electron chi connectivity index (χ1n) is 12.1. The maximum absolute atomic E-state index is 13.7. The highest BCUT2D eigenvalue weighted by molar-refractivity contribution is 5.99. The molecule has 1 aliphatic rings. The van der Waals surface area contributed by atoms with Crippen LogP contribution in [0.5, 0.6) is 0 Å². The molecule has 0 bridgehead atoms. The minimum Gasteiger partial charge on any atom is -0.466 e. The molecule has 1 N–H and O–H groups in total. The summed E-state index contributed by atoms with van der Waals surface area (Å²) in [5.41, 5.74) is 1.39. The zero-order chi connectivity index (χ0) is 25.8. The minimum atomic E-state index is -4.53. The lowest BCUT2D eigenvalue weighted by atomic mass is 9.96. The van der Waals surface area contributed by atoms with Crippen LogP contribution in [-0.4, -0.2) is 31.1 Å². The second kappa shape index (κ2) is 11.1. The third kappa shape index (κ3) is 6.55. The molecule has 2 aromatic rings. The second-order valence-corrected chi connectivity index (χ2v) is 9.29. The van der Waals surface area contributed by atoms with E-state index in [1.165, 1.54) is 6.07 Å². The van der Waals surface area contributed by atoms with E-state index in [1.807, 2.05) is 45.0 Å². The number of rotatable bonds is 8. The minimum absolute atomic E-state index is 0.0378. The Morgan fingerprint density at radius 3 is 2.37 bits per heavy atom. The van der Waals surface area contributed by atoms with Crippen LogP contribution in [-0.2, 0) is 20.5 Å². The number of amides is 1. The van der Waals surface area contributed by atoms with Crippen molar-refractivity contribution in [1.82, 2.24) is 0 Å². The van der Waals surface area contributed by atoms with Gasteiger partial charge in [-0.15, -0.1) is 0 Å². The molecule has 1 fully saturated rings. The highest BCUT2D eigenvalue weighted by Gasteiger charge is 2.36. The third-order valence-electron chi connectivity index (χ3n) is 6.34. The summed E-state index contributed by atoms with van der Waals surface area (Å²) in [4.78, 5) is 26.6. The summed E-state index contributed by atoms with van der Waals surface area (Å²) in [7, 11) is 0. The maximum Gasteiger partial charge on any atom is 0.418 e. The van der Waals surface area contributed by atoms with E-state index < -0.39 is 17.8 Å². The Morgan fingerprint density at radius 1 is 1.11 bits per heavy atom. The predicted molar refractivity (Wildman–Crippen MR) is 131 cm³/mol. The zero-order valence-corrected chi connectivity index (χ0v) is 20.6. The van der Waals surface area contributed by atoms with Crippen molar-refractivity contribution in [2.45, 2.75) is 71.0 Å². The number of nitrogens with zero attached hydrogens (tertiary/aromatic N) is 1. The number of halogens is 3. The van der Waals surface area contributed by atoms with Crippen LogP contribution in [0.1, 0.15) is 75.5 Å². The number of carbonyl (C=O) groups is 2. The topological polar surface area (TPSA) is 58.6 Å². The Balaban J connectivity index is 1.75. The normalized spacial score (nSPS) is 17.4. The molecule has 190 valence electrons. The summed E-state index contributed by atoms with van der Waals surface area (Å²) in [5.74, 6) is -0.599. The van der Waals surface area contributed by atoms with E-state index in [1.54, 1.807) is 17.9 Å². The smallest absolute Gasteiger partial charge is 0.418 e. The average molecular weight is 491 g/mol. The Bertz CT molecular complexity index is 1030. The van der Waals surface area contributed by atoms with E-state index in [0.29, 0.717) is 37.2 Å². The third-order valence-corrected chi connectivity index (χ3v) is 6.34. The van der Waals surface area contributed by atoms with E-state index in [0.717, 1.165) is 11.6 Å². The Kier molecular flexibility index (Phi) is 8.46.